The van der Waals surface area contributed by atoms with Gasteiger partial charge >= 0.3 is 0 Å². The van der Waals surface area contributed by atoms with Gasteiger partial charge in [-0.2, -0.15) is 5.10 Å². The van der Waals surface area contributed by atoms with Crippen LogP contribution < -0.4 is 11.1 Å². The average molecular weight is 494 g/mol. The van der Waals surface area contributed by atoms with E-state index in [2.05, 4.69) is 37.0 Å². The van der Waals surface area contributed by atoms with Crippen LogP contribution in [0.3, 0.4) is 0 Å². The van der Waals surface area contributed by atoms with Gasteiger partial charge in [-0.15, -0.1) is 12.4 Å². The summed E-state index contributed by atoms with van der Waals surface area (Å²) in [6, 6.07) is 7.23. The number of rotatable bonds is 9. The first-order chi connectivity index (χ1) is 15.5. The van der Waals surface area contributed by atoms with E-state index in [0.717, 1.165) is 67.3 Å². The van der Waals surface area contributed by atoms with Crippen molar-refractivity contribution in [3.63, 3.8) is 0 Å². The summed E-state index contributed by atoms with van der Waals surface area (Å²) in [5.41, 5.74) is 10.9. The fraction of sp³-hybridized carbons (Fsp3) is 0.600. The van der Waals surface area contributed by atoms with Crippen LogP contribution in [0.25, 0.3) is 11.1 Å². The molecule has 184 valence electrons. The number of aromatic nitrogens is 2. The molecule has 8 heteroatoms. The smallest absolute Gasteiger partial charge is 0.241 e. The number of nitrogens with one attached hydrogen (secondary N) is 1. The van der Waals surface area contributed by atoms with Gasteiger partial charge < -0.3 is 15.8 Å². The SMILES string of the molecule is Cl.[2H]C(N)(C(=O)Nc1ccc(-c2c(C)nn(COCC[Si](C)(C)C)c2C)cc1)C1CCCCC1. The van der Waals surface area contributed by atoms with Gasteiger partial charge in [0.2, 0.25) is 5.91 Å². The number of amides is 1. The highest BCUT2D eigenvalue weighted by Crippen LogP contribution is 2.29. The predicted octanol–water partition coefficient (Wildman–Crippen LogP) is 5.75. The second kappa shape index (κ2) is 12.2. The fourth-order valence-electron chi connectivity index (χ4n) is 4.29. The Morgan fingerprint density at radius 1 is 1.24 bits per heavy atom. The standard InChI is InChI=1S/C25H40N4O2Si.ClH/c1-18-23(19(2)29(28-18)17-31-15-16-32(3,4)5)20-11-13-22(14-12-20)27-25(30)24(26)21-9-7-6-8-10-21;/h11-14,21,24H,6-10,15-17,26H2,1-5H3,(H,27,30);1H/i24D;. The van der Waals surface area contributed by atoms with Crippen LogP contribution in [0.15, 0.2) is 24.3 Å². The second-order valence-corrected chi connectivity index (χ2v) is 15.8. The minimum Gasteiger partial charge on any atom is -0.360 e. The van der Waals surface area contributed by atoms with Gasteiger partial charge in [0.05, 0.1) is 13.1 Å². The highest BCUT2D eigenvalue weighted by Gasteiger charge is 2.26. The van der Waals surface area contributed by atoms with E-state index in [1.807, 2.05) is 35.9 Å². The van der Waals surface area contributed by atoms with Crippen LogP contribution in [0, 0.1) is 19.8 Å². The molecule has 1 aliphatic rings. The highest BCUT2D eigenvalue weighted by molar-refractivity contribution is 6.76. The van der Waals surface area contributed by atoms with Crippen LogP contribution in [0.4, 0.5) is 5.69 Å². The Kier molecular flexibility index (Phi) is 9.55. The zero-order chi connectivity index (χ0) is 24.2. The molecule has 0 aliphatic heterocycles. The van der Waals surface area contributed by atoms with E-state index in [1.54, 1.807) is 0 Å². The number of nitrogens with two attached hydrogens (primary N) is 1. The summed E-state index contributed by atoms with van der Waals surface area (Å²) in [6.45, 7) is 12.3. The molecule has 0 spiro atoms. The van der Waals surface area contributed by atoms with Crippen molar-refractivity contribution in [1.82, 2.24) is 9.78 Å². The molecule has 2 aromatic rings. The first-order valence-corrected chi connectivity index (χ1v) is 15.5. The summed E-state index contributed by atoms with van der Waals surface area (Å²) >= 11 is 0. The molecule has 1 aromatic carbocycles. The average Bonchev–Trinajstić information content (AvgIpc) is 3.05. The maximum absolute atomic E-state index is 12.7. The van der Waals surface area contributed by atoms with E-state index in [1.165, 1.54) is 0 Å². The van der Waals surface area contributed by atoms with E-state index in [0.29, 0.717) is 12.4 Å². The summed E-state index contributed by atoms with van der Waals surface area (Å²) < 4.78 is 16.3. The van der Waals surface area contributed by atoms with Crippen molar-refractivity contribution in [3.8, 4) is 11.1 Å². The monoisotopic (exact) mass is 493 g/mol. The van der Waals surface area contributed by atoms with Crippen LogP contribution in [0.2, 0.25) is 25.7 Å². The van der Waals surface area contributed by atoms with Crippen LogP contribution in [-0.4, -0.2) is 36.4 Å². The summed E-state index contributed by atoms with van der Waals surface area (Å²) in [5, 5.41) is 7.52. The van der Waals surface area contributed by atoms with Crippen molar-refractivity contribution >= 4 is 32.1 Å². The lowest BCUT2D eigenvalue weighted by molar-refractivity contribution is -0.118. The Morgan fingerprint density at radius 2 is 1.88 bits per heavy atom. The first kappa shape index (κ1) is 25.9. The molecule has 1 fully saturated rings. The molecule has 0 saturated heterocycles. The topological polar surface area (TPSA) is 82.2 Å². The number of halogens is 1. The Hall–Kier alpha value is -1.67. The van der Waals surface area contributed by atoms with Gasteiger partial charge in [-0.1, -0.05) is 51.0 Å². The van der Waals surface area contributed by atoms with E-state index in [-0.39, 0.29) is 18.3 Å². The third-order valence-electron chi connectivity index (χ3n) is 6.33. The number of nitrogens with zero attached hydrogens (tertiary/aromatic N) is 2. The predicted molar refractivity (Wildman–Crippen MR) is 142 cm³/mol. The number of aryl methyl sites for hydroxylation is 1. The van der Waals surface area contributed by atoms with Crippen molar-refractivity contribution in [2.75, 3.05) is 11.9 Å². The van der Waals surface area contributed by atoms with Gasteiger partial charge in [0.25, 0.3) is 0 Å². The summed E-state index contributed by atoms with van der Waals surface area (Å²) in [7, 11) is -1.11. The van der Waals surface area contributed by atoms with Crippen LogP contribution in [0.1, 0.15) is 44.9 Å². The van der Waals surface area contributed by atoms with Gasteiger partial charge in [-0.3, -0.25) is 4.79 Å². The van der Waals surface area contributed by atoms with E-state index in [4.69, 9.17) is 11.8 Å². The van der Waals surface area contributed by atoms with E-state index >= 15 is 0 Å². The van der Waals surface area contributed by atoms with Crippen LogP contribution in [-0.2, 0) is 16.3 Å². The maximum Gasteiger partial charge on any atom is 0.241 e. The van der Waals surface area contributed by atoms with Gasteiger partial charge in [0.15, 0.2) is 0 Å². The molecule has 1 heterocycles. The van der Waals surface area contributed by atoms with Crippen molar-refractivity contribution in [3.05, 3.63) is 35.7 Å². The number of benzene rings is 1. The number of hydrogen-bond donors (Lipinski definition) is 2. The first-order valence-electron chi connectivity index (χ1n) is 12.3. The molecule has 1 unspecified atom stereocenters. The van der Waals surface area contributed by atoms with Crippen molar-refractivity contribution in [2.45, 2.75) is 84.4 Å². The molecule has 3 N–H and O–H groups in total. The number of anilines is 1. The number of carbonyl (C=O) groups is 1. The van der Waals surface area contributed by atoms with Gasteiger partial charge in [-0.25, -0.2) is 4.68 Å². The van der Waals surface area contributed by atoms with E-state index in [9.17, 15) is 4.79 Å². The zero-order valence-corrected chi connectivity index (χ0v) is 22.6. The molecule has 0 radical (unpaired) electrons. The molecule has 1 amide bonds. The van der Waals surface area contributed by atoms with Crippen molar-refractivity contribution < 1.29 is 10.9 Å². The Balaban J connectivity index is 0.00000408. The molecule has 0 bridgehead atoms. The minimum absolute atomic E-state index is 0. The largest absolute Gasteiger partial charge is 0.360 e. The highest BCUT2D eigenvalue weighted by atomic mass is 35.5. The molecule has 33 heavy (non-hydrogen) atoms. The Morgan fingerprint density at radius 3 is 2.48 bits per heavy atom. The molecular weight excluding hydrogens is 452 g/mol. The zero-order valence-electron chi connectivity index (χ0n) is 21.7. The quantitative estimate of drug-likeness (QED) is 0.344. The number of ether oxygens (including phenoxy) is 1. The fourth-order valence-corrected chi connectivity index (χ4v) is 5.05. The molecular formula is C25H41ClN4O2Si. The second-order valence-electron chi connectivity index (χ2n) is 10.2. The lowest BCUT2D eigenvalue weighted by Crippen LogP contribution is -2.42. The molecule has 1 saturated carbocycles. The summed E-state index contributed by atoms with van der Waals surface area (Å²) in [5.74, 6) is -0.521. The third-order valence-corrected chi connectivity index (χ3v) is 8.03. The van der Waals surface area contributed by atoms with Gasteiger partial charge in [-0.05, 0) is 56.3 Å². The van der Waals surface area contributed by atoms with Crippen LogP contribution in [0.5, 0.6) is 0 Å². The van der Waals surface area contributed by atoms with Crippen molar-refractivity contribution in [2.24, 2.45) is 11.7 Å². The van der Waals surface area contributed by atoms with Crippen LogP contribution >= 0.6 is 12.4 Å². The minimum atomic E-state index is -1.59. The molecule has 1 atom stereocenters. The lowest BCUT2D eigenvalue weighted by Gasteiger charge is -2.26. The van der Waals surface area contributed by atoms with E-state index < -0.39 is 20.0 Å². The van der Waals surface area contributed by atoms with Crippen molar-refractivity contribution in [1.29, 1.82) is 0 Å². The van der Waals surface area contributed by atoms with Gasteiger partial charge in [0.1, 0.15) is 6.73 Å². The Labute approximate surface area is 207 Å². The third kappa shape index (κ3) is 7.67. The molecule has 6 nitrogen and oxygen atoms in total. The number of carbonyl (C=O) groups excluding carboxylic acids is 1. The maximum atomic E-state index is 12.7. The van der Waals surface area contributed by atoms with Gasteiger partial charge in [0, 0.05) is 31.6 Å². The molecule has 1 aliphatic carbocycles. The Bertz CT molecular complexity index is 951. The summed E-state index contributed by atoms with van der Waals surface area (Å²) in [4.78, 5) is 12.7. The normalized spacial score (nSPS) is 17.1. The molecule has 3 rings (SSSR count). The lowest BCUT2D eigenvalue weighted by atomic mass is 9.84. The summed E-state index contributed by atoms with van der Waals surface area (Å²) in [6.07, 6.45) is 4.93. The number of hydrogen-bond acceptors (Lipinski definition) is 4. The molecule has 1 aromatic heterocycles.